The Morgan fingerprint density at radius 2 is 2.58 bits per heavy atom. The SMILES string of the molecule is CCCOC(=S)Nc1cccs1. The van der Waals surface area contributed by atoms with Crippen molar-refractivity contribution in [3.63, 3.8) is 0 Å². The molecule has 0 fully saturated rings. The lowest BCUT2D eigenvalue weighted by atomic mass is 10.5. The van der Waals surface area contributed by atoms with E-state index in [2.05, 4.69) is 5.32 Å². The van der Waals surface area contributed by atoms with Crippen molar-refractivity contribution in [3.05, 3.63) is 17.5 Å². The van der Waals surface area contributed by atoms with Gasteiger partial charge in [0.05, 0.1) is 11.6 Å². The monoisotopic (exact) mass is 201 g/mol. The van der Waals surface area contributed by atoms with Gasteiger partial charge in [0.2, 0.25) is 0 Å². The molecule has 0 atom stereocenters. The fourth-order valence-corrected chi connectivity index (χ4v) is 1.55. The van der Waals surface area contributed by atoms with E-state index in [1.807, 2.05) is 24.4 Å². The van der Waals surface area contributed by atoms with E-state index in [4.69, 9.17) is 17.0 Å². The molecule has 0 amide bonds. The summed E-state index contributed by atoms with van der Waals surface area (Å²) >= 11 is 6.55. The summed E-state index contributed by atoms with van der Waals surface area (Å²) in [5.74, 6) is 0. The summed E-state index contributed by atoms with van der Waals surface area (Å²) in [4.78, 5) is 0. The minimum Gasteiger partial charge on any atom is -0.471 e. The molecule has 2 nitrogen and oxygen atoms in total. The molecule has 4 heteroatoms. The molecule has 0 saturated heterocycles. The smallest absolute Gasteiger partial charge is 0.261 e. The van der Waals surface area contributed by atoms with Crippen LogP contribution < -0.4 is 5.32 Å². The Labute approximate surface area is 81.6 Å². The zero-order chi connectivity index (χ0) is 8.81. The van der Waals surface area contributed by atoms with Gasteiger partial charge in [0.15, 0.2) is 0 Å². The van der Waals surface area contributed by atoms with Crippen LogP contribution in [-0.4, -0.2) is 11.8 Å². The first-order valence-corrected chi connectivity index (χ1v) is 5.09. The van der Waals surface area contributed by atoms with E-state index in [-0.39, 0.29) is 0 Å². The highest BCUT2D eigenvalue weighted by atomic mass is 32.1. The van der Waals surface area contributed by atoms with E-state index < -0.39 is 0 Å². The van der Waals surface area contributed by atoms with Crippen molar-refractivity contribution in [1.29, 1.82) is 0 Å². The van der Waals surface area contributed by atoms with Crippen molar-refractivity contribution >= 4 is 33.7 Å². The van der Waals surface area contributed by atoms with Crippen LogP contribution in [0.1, 0.15) is 13.3 Å². The van der Waals surface area contributed by atoms with Crippen LogP contribution in [0, 0.1) is 0 Å². The third-order valence-electron chi connectivity index (χ3n) is 1.18. The number of thiocarbonyl (C=S) groups is 1. The molecule has 66 valence electrons. The Bertz CT molecular complexity index is 233. The van der Waals surface area contributed by atoms with Crippen molar-refractivity contribution in [2.45, 2.75) is 13.3 Å². The fraction of sp³-hybridized carbons (Fsp3) is 0.375. The minimum absolute atomic E-state index is 0.458. The summed E-state index contributed by atoms with van der Waals surface area (Å²) in [6, 6.07) is 3.93. The third kappa shape index (κ3) is 3.19. The summed E-state index contributed by atoms with van der Waals surface area (Å²) in [5.41, 5.74) is 0. The van der Waals surface area contributed by atoms with Gasteiger partial charge in [-0.25, -0.2) is 0 Å². The molecule has 1 heterocycles. The Hall–Kier alpha value is -0.610. The molecule has 0 bridgehead atoms. The zero-order valence-corrected chi connectivity index (χ0v) is 8.50. The number of nitrogens with one attached hydrogen (secondary N) is 1. The van der Waals surface area contributed by atoms with Gasteiger partial charge in [-0.2, -0.15) is 0 Å². The maximum atomic E-state index is 5.19. The minimum atomic E-state index is 0.458. The lowest BCUT2D eigenvalue weighted by molar-refractivity contribution is 0.312. The molecule has 0 unspecified atom stereocenters. The first kappa shape index (κ1) is 9.48. The van der Waals surface area contributed by atoms with Gasteiger partial charge in [0.1, 0.15) is 0 Å². The summed E-state index contributed by atoms with van der Waals surface area (Å²) in [7, 11) is 0. The van der Waals surface area contributed by atoms with E-state index in [0.717, 1.165) is 11.4 Å². The van der Waals surface area contributed by atoms with Gasteiger partial charge in [-0.05, 0) is 36.2 Å². The Kier molecular flexibility index (Phi) is 4.04. The zero-order valence-electron chi connectivity index (χ0n) is 6.87. The second-order valence-electron chi connectivity index (χ2n) is 2.24. The number of thiophene rings is 1. The molecule has 1 rings (SSSR count). The first-order chi connectivity index (χ1) is 5.83. The van der Waals surface area contributed by atoms with Gasteiger partial charge < -0.3 is 10.1 Å². The van der Waals surface area contributed by atoms with E-state index >= 15 is 0 Å². The molecule has 0 spiro atoms. The van der Waals surface area contributed by atoms with Crippen molar-refractivity contribution in [2.75, 3.05) is 11.9 Å². The molecule has 1 aromatic rings. The van der Waals surface area contributed by atoms with Gasteiger partial charge >= 0.3 is 0 Å². The van der Waals surface area contributed by atoms with Crippen molar-refractivity contribution < 1.29 is 4.74 Å². The van der Waals surface area contributed by atoms with Gasteiger partial charge in [-0.1, -0.05) is 6.92 Å². The average Bonchev–Trinajstić information content (AvgIpc) is 2.53. The second kappa shape index (κ2) is 5.11. The first-order valence-electron chi connectivity index (χ1n) is 3.80. The number of rotatable bonds is 3. The maximum absolute atomic E-state index is 5.19. The molecule has 12 heavy (non-hydrogen) atoms. The highest BCUT2D eigenvalue weighted by Gasteiger charge is 1.97. The highest BCUT2D eigenvalue weighted by Crippen LogP contribution is 2.14. The Balaban J connectivity index is 2.27. The van der Waals surface area contributed by atoms with Crippen LogP contribution in [0.2, 0.25) is 0 Å². The number of anilines is 1. The lowest BCUT2D eigenvalue weighted by Crippen LogP contribution is -2.12. The predicted octanol–water partition coefficient (Wildman–Crippen LogP) is 2.87. The van der Waals surface area contributed by atoms with Crippen LogP contribution in [0.15, 0.2) is 17.5 Å². The number of hydrogen-bond donors (Lipinski definition) is 1. The Morgan fingerprint density at radius 1 is 1.75 bits per heavy atom. The standard InChI is InChI=1S/C8H11NOS2/c1-2-5-10-8(11)9-7-4-3-6-12-7/h3-4,6H,2,5H2,1H3,(H,9,11). The highest BCUT2D eigenvalue weighted by molar-refractivity contribution is 7.80. The topological polar surface area (TPSA) is 21.3 Å². The fourth-order valence-electron chi connectivity index (χ4n) is 0.681. The van der Waals surface area contributed by atoms with Gasteiger partial charge in [-0.3, -0.25) is 0 Å². The average molecular weight is 201 g/mol. The van der Waals surface area contributed by atoms with Crippen molar-refractivity contribution in [2.24, 2.45) is 0 Å². The maximum Gasteiger partial charge on any atom is 0.261 e. The molecule has 1 aromatic heterocycles. The third-order valence-corrected chi connectivity index (χ3v) is 2.19. The number of hydrogen-bond acceptors (Lipinski definition) is 3. The molecule has 0 saturated carbocycles. The van der Waals surface area contributed by atoms with Crippen LogP contribution in [0.25, 0.3) is 0 Å². The molecule has 0 aromatic carbocycles. The van der Waals surface area contributed by atoms with Gasteiger partial charge in [-0.15, -0.1) is 11.3 Å². The van der Waals surface area contributed by atoms with E-state index in [1.165, 1.54) is 0 Å². The van der Waals surface area contributed by atoms with Crippen LogP contribution in [0.5, 0.6) is 0 Å². The second-order valence-corrected chi connectivity index (χ2v) is 3.56. The summed E-state index contributed by atoms with van der Waals surface area (Å²) < 4.78 is 5.19. The molecule has 1 N–H and O–H groups in total. The predicted molar refractivity (Wildman–Crippen MR) is 56.8 cm³/mol. The van der Waals surface area contributed by atoms with Gasteiger partial charge in [0.25, 0.3) is 5.17 Å². The molecule has 0 aliphatic heterocycles. The van der Waals surface area contributed by atoms with Crippen LogP contribution in [-0.2, 0) is 4.74 Å². The lowest BCUT2D eigenvalue weighted by Gasteiger charge is -2.05. The quantitative estimate of drug-likeness (QED) is 0.760. The largest absolute Gasteiger partial charge is 0.471 e. The normalized spacial score (nSPS) is 9.42. The summed E-state index contributed by atoms with van der Waals surface area (Å²) in [5, 5.41) is 6.46. The molecular weight excluding hydrogens is 190 g/mol. The number of ether oxygens (including phenoxy) is 1. The molecule has 0 radical (unpaired) electrons. The molecular formula is C8H11NOS2. The molecule has 0 aliphatic carbocycles. The van der Waals surface area contributed by atoms with Crippen LogP contribution in [0.3, 0.4) is 0 Å². The van der Waals surface area contributed by atoms with E-state index in [9.17, 15) is 0 Å². The van der Waals surface area contributed by atoms with Crippen LogP contribution in [0.4, 0.5) is 5.00 Å². The van der Waals surface area contributed by atoms with Gasteiger partial charge in [0, 0.05) is 0 Å². The Morgan fingerprint density at radius 3 is 3.17 bits per heavy atom. The van der Waals surface area contributed by atoms with Crippen LogP contribution >= 0.6 is 23.6 Å². The van der Waals surface area contributed by atoms with E-state index in [0.29, 0.717) is 11.8 Å². The molecule has 0 aliphatic rings. The van der Waals surface area contributed by atoms with Crippen molar-refractivity contribution in [1.82, 2.24) is 0 Å². The van der Waals surface area contributed by atoms with Crippen molar-refractivity contribution in [3.8, 4) is 0 Å². The van der Waals surface area contributed by atoms with E-state index in [1.54, 1.807) is 11.3 Å². The summed E-state index contributed by atoms with van der Waals surface area (Å²) in [6.07, 6.45) is 0.978. The summed E-state index contributed by atoms with van der Waals surface area (Å²) in [6.45, 7) is 2.73.